The van der Waals surface area contributed by atoms with Crippen molar-refractivity contribution in [2.45, 2.75) is 307 Å². The summed E-state index contributed by atoms with van der Waals surface area (Å²) in [5.74, 6) is -0.221. The van der Waals surface area contributed by atoms with E-state index in [9.17, 15) is 35.1 Å². The summed E-state index contributed by atoms with van der Waals surface area (Å²) in [5.41, 5.74) is 0. The molecule has 0 aromatic rings. The van der Waals surface area contributed by atoms with Crippen LogP contribution in [-0.2, 0) is 23.8 Å². The van der Waals surface area contributed by atoms with E-state index in [0.717, 1.165) is 70.6 Å². The molecule has 1 saturated heterocycles. The zero-order valence-corrected chi connectivity index (χ0v) is 43.8. The van der Waals surface area contributed by atoms with Gasteiger partial charge in [0.1, 0.15) is 24.4 Å². The Labute approximate surface area is 416 Å². The Morgan fingerprint density at radius 3 is 1.41 bits per heavy atom. The van der Waals surface area contributed by atoms with Crippen LogP contribution in [0.5, 0.6) is 0 Å². The topological polar surface area (TPSA) is 175 Å². The van der Waals surface area contributed by atoms with Crippen LogP contribution in [0.4, 0.5) is 0 Å². The van der Waals surface area contributed by atoms with E-state index in [2.05, 4.69) is 31.3 Å². The lowest BCUT2D eigenvalue weighted by Crippen LogP contribution is -2.60. The van der Waals surface area contributed by atoms with Gasteiger partial charge in [0.15, 0.2) is 6.29 Å². The van der Waals surface area contributed by atoms with Crippen molar-refractivity contribution in [2.75, 3.05) is 19.8 Å². The Hall–Kier alpha value is -1.86. The fourth-order valence-electron chi connectivity index (χ4n) is 8.96. The second kappa shape index (κ2) is 47.5. The van der Waals surface area contributed by atoms with Crippen LogP contribution in [0.3, 0.4) is 0 Å². The molecule has 7 atom stereocenters. The first-order valence-electron chi connectivity index (χ1n) is 28.6. The minimum absolute atomic E-state index is 0.0264. The number of amides is 1. The Kier molecular flexibility index (Phi) is 44.8. The average molecular weight is 966 g/mol. The number of unbranched alkanes of at least 4 members (excludes halogenated alkanes) is 33. The normalized spacial score (nSPS) is 19.5. The highest BCUT2D eigenvalue weighted by atomic mass is 16.7. The van der Waals surface area contributed by atoms with E-state index >= 15 is 0 Å². The molecule has 7 unspecified atom stereocenters. The van der Waals surface area contributed by atoms with Crippen LogP contribution in [0, 0.1) is 0 Å². The Balaban J connectivity index is 2.05. The lowest BCUT2D eigenvalue weighted by atomic mass is 9.99. The zero-order chi connectivity index (χ0) is 49.6. The maximum absolute atomic E-state index is 13.0. The molecule has 11 nitrogen and oxygen atoms in total. The minimum Gasteiger partial charge on any atom is -0.466 e. The molecule has 0 radical (unpaired) electrons. The van der Waals surface area contributed by atoms with Gasteiger partial charge in [-0.25, -0.2) is 0 Å². The van der Waals surface area contributed by atoms with Gasteiger partial charge in [-0.15, -0.1) is 0 Å². The van der Waals surface area contributed by atoms with Crippen molar-refractivity contribution in [2.24, 2.45) is 0 Å². The minimum atomic E-state index is -1.57. The smallest absolute Gasteiger partial charge is 0.305 e. The fraction of sp³-hybridized carbons (Fsp3) is 0.895. The number of carbonyl (C=O) groups is 2. The maximum atomic E-state index is 13.0. The van der Waals surface area contributed by atoms with E-state index < -0.39 is 49.5 Å². The molecule has 0 bridgehead atoms. The highest BCUT2D eigenvalue weighted by molar-refractivity contribution is 5.76. The largest absolute Gasteiger partial charge is 0.466 e. The van der Waals surface area contributed by atoms with Gasteiger partial charge < -0.3 is 45.1 Å². The third-order valence-corrected chi connectivity index (χ3v) is 13.6. The monoisotopic (exact) mass is 966 g/mol. The Bertz CT molecular complexity index is 1180. The summed E-state index contributed by atoms with van der Waals surface area (Å²) in [5, 5.41) is 54.1. The number of nitrogens with one attached hydrogen (secondary N) is 1. The number of aliphatic hydroxyl groups excluding tert-OH is 5. The molecule has 1 aliphatic heterocycles. The van der Waals surface area contributed by atoms with E-state index in [1.807, 2.05) is 6.08 Å². The number of allylic oxidation sites excluding steroid dienone is 3. The quantitative estimate of drug-likeness (QED) is 0.0196. The van der Waals surface area contributed by atoms with Gasteiger partial charge in [0, 0.05) is 12.8 Å². The highest BCUT2D eigenvalue weighted by Gasteiger charge is 2.44. The van der Waals surface area contributed by atoms with Crippen LogP contribution < -0.4 is 5.32 Å². The lowest BCUT2D eigenvalue weighted by molar-refractivity contribution is -0.302. The molecular formula is C57H107NO10. The molecule has 0 spiro atoms. The molecular weight excluding hydrogens is 859 g/mol. The number of rotatable bonds is 49. The molecule has 1 rings (SSSR count). The summed E-state index contributed by atoms with van der Waals surface area (Å²) in [6, 6.07) is -0.816. The maximum Gasteiger partial charge on any atom is 0.305 e. The summed E-state index contributed by atoms with van der Waals surface area (Å²) in [4.78, 5) is 25.1. The van der Waals surface area contributed by atoms with Gasteiger partial charge in [-0.1, -0.05) is 218 Å². The van der Waals surface area contributed by atoms with Gasteiger partial charge in [-0.3, -0.25) is 9.59 Å². The first-order chi connectivity index (χ1) is 33.2. The van der Waals surface area contributed by atoms with E-state index in [1.54, 1.807) is 6.08 Å². The Morgan fingerprint density at radius 2 is 0.941 bits per heavy atom. The van der Waals surface area contributed by atoms with Crippen molar-refractivity contribution in [1.29, 1.82) is 0 Å². The van der Waals surface area contributed by atoms with Crippen LogP contribution in [0.2, 0.25) is 0 Å². The number of carbonyl (C=O) groups excluding carboxylic acids is 2. The second-order valence-electron chi connectivity index (χ2n) is 20.0. The molecule has 0 saturated carbocycles. The summed E-state index contributed by atoms with van der Waals surface area (Å²) < 4.78 is 16.7. The molecule has 1 heterocycles. The summed E-state index contributed by atoms with van der Waals surface area (Å²) in [6.07, 6.45) is 45.5. The molecule has 400 valence electrons. The Morgan fingerprint density at radius 1 is 0.529 bits per heavy atom. The van der Waals surface area contributed by atoms with Crippen LogP contribution in [-0.4, -0.2) is 100 Å². The second-order valence-corrected chi connectivity index (χ2v) is 20.0. The summed E-state index contributed by atoms with van der Waals surface area (Å²) >= 11 is 0. The van der Waals surface area contributed by atoms with Crippen LogP contribution in [0.1, 0.15) is 264 Å². The molecule has 0 aromatic heterocycles. The molecule has 68 heavy (non-hydrogen) atoms. The van der Waals surface area contributed by atoms with E-state index in [0.29, 0.717) is 19.4 Å². The number of ether oxygens (including phenoxy) is 3. The molecule has 11 heteroatoms. The number of esters is 1. The number of hydrogen-bond acceptors (Lipinski definition) is 10. The third-order valence-electron chi connectivity index (χ3n) is 13.6. The average Bonchev–Trinajstić information content (AvgIpc) is 3.33. The highest BCUT2D eigenvalue weighted by Crippen LogP contribution is 2.23. The standard InChI is InChI=1S/C57H107NO10/c1-3-5-7-9-11-13-14-15-16-17-18-22-25-29-33-37-41-45-53(62)66-46-42-38-34-30-26-23-20-19-21-24-28-32-36-40-44-52(61)58-49(50(60)43-39-35-31-27-12-10-8-6-4-2)48-67-57-56(65)55(64)54(63)51(47-59)68-57/h15-16,39,43,49-51,54-57,59-60,63-65H,3-14,17-38,40-42,44-48H2,1-2H3,(H,58,61)/b16-15-,43-39+. The van der Waals surface area contributed by atoms with Crippen molar-refractivity contribution in [3.8, 4) is 0 Å². The number of hydrogen-bond donors (Lipinski definition) is 6. The van der Waals surface area contributed by atoms with Gasteiger partial charge in [-0.05, 0) is 57.8 Å². The number of aliphatic hydroxyl groups is 5. The van der Waals surface area contributed by atoms with Crippen LogP contribution >= 0.6 is 0 Å². The van der Waals surface area contributed by atoms with Gasteiger partial charge in [0.05, 0.1) is 32.0 Å². The molecule has 1 fully saturated rings. The van der Waals surface area contributed by atoms with Gasteiger partial charge in [0.2, 0.25) is 5.91 Å². The van der Waals surface area contributed by atoms with Crippen molar-refractivity contribution in [1.82, 2.24) is 5.32 Å². The predicted molar refractivity (Wildman–Crippen MR) is 278 cm³/mol. The molecule has 6 N–H and O–H groups in total. The van der Waals surface area contributed by atoms with Crippen LogP contribution in [0.25, 0.3) is 0 Å². The predicted octanol–water partition coefficient (Wildman–Crippen LogP) is 12.6. The third kappa shape index (κ3) is 37.0. The van der Waals surface area contributed by atoms with Crippen molar-refractivity contribution in [3.05, 3.63) is 24.3 Å². The van der Waals surface area contributed by atoms with Crippen LogP contribution in [0.15, 0.2) is 24.3 Å². The molecule has 0 aliphatic carbocycles. The summed E-state index contributed by atoms with van der Waals surface area (Å²) in [7, 11) is 0. The molecule has 1 amide bonds. The summed E-state index contributed by atoms with van der Waals surface area (Å²) in [6.45, 7) is 4.27. The van der Waals surface area contributed by atoms with E-state index in [-0.39, 0.29) is 18.5 Å². The van der Waals surface area contributed by atoms with Crippen molar-refractivity contribution < 1.29 is 49.3 Å². The lowest BCUT2D eigenvalue weighted by Gasteiger charge is -2.40. The SMILES string of the molecule is CCCCCCCC/C=C\CCCCCCCCCC(=O)OCCCCCCCCCCCCCCCCC(=O)NC(COC1OC(CO)C(O)C(O)C1O)C(O)/C=C/CCCCCCCCC. The first kappa shape index (κ1) is 64.2. The van der Waals surface area contributed by atoms with Gasteiger partial charge in [0.25, 0.3) is 0 Å². The molecule has 0 aromatic carbocycles. The van der Waals surface area contributed by atoms with Gasteiger partial charge >= 0.3 is 5.97 Å². The zero-order valence-electron chi connectivity index (χ0n) is 43.8. The van der Waals surface area contributed by atoms with Crippen molar-refractivity contribution in [3.63, 3.8) is 0 Å². The van der Waals surface area contributed by atoms with Gasteiger partial charge in [-0.2, -0.15) is 0 Å². The first-order valence-corrected chi connectivity index (χ1v) is 28.6. The fourth-order valence-corrected chi connectivity index (χ4v) is 8.96. The molecule has 1 aliphatic rings. The van der Waals surface area contributed by atoms with E-state index in [4.69, 9.17) is 14.2 Å². The van der Waals surface area contributed by atoms with E-state index in [1.165, 1.54) is 167 Å². The van der Waals surface area contributed by atoms with Crippen molar-refractivity contribution >= 4 is 11.9 Å².